The minimum atomic E-state index is 0.236. The molecule has 2 nitrogen and oxygen atoms in total. The van der Waals surface area contributed by atoms with Gasteiger partial charge in [-0.1, -0.05) is 128 Å². The van der Waals surface area contributed by atoms with Crippen LogP contribution in [-0.2, 0) is 0 Å². The van der Waals surface area contributed by atoms with Crippen LogP contribution in [0.3, 0.4) is 0 Å². The molecule has 0 aliphatic carbocycles. The number of aromatic nitrogens is 1. The topological polar surface area (TPSA) is 38.9 Å². The van der Waals surface area contributed by atoms with Crippen molar-refractivity contribution in [3.8, 4) is 22.3 Å². The zero-order chi connectivity index (χ0) is 30.0. The number of nitrogens with zero attached hydrogens (tertiary/aromatic N) is 1. The number of benzene rings is 6. The summed E-state index contributed by atoms with van der Waals surface area (Å²) in [6, 6.07) is 45.9. The average Bonchev–Trinajstić information content (AvgIpc) is 3.07. The maximum Gasteiger partial charge on any atom is 0.0410 e. The van der Waals surface area contributed by atoms with Crippen LogP contribution in [0.2, 0.25) is 0 Å². The second kappa shape index (κ2) is 11.7. The lowest BCUT2D eigenvalue weighted by atomic mass is 9.85. The summed E-state index contributed by atoms with van der Waals surface area (Å²) in [7, 11) is 0. The molecule has 6 aromatic carbocycles. The van der Waals surface area contributed by atoms with Gasteiger partial charge in [0.25, 0.3) is 0 Å². The minimum absolute atomic E-state index is 0.236. The number of fused-ring (bicyclic) bond motifs is 3. The molecule has 0 amide bonds. The van der Waals surface area contributed by atoms with Gasteiger partial charge in [0.15, 0.2) is 0 Å². The first-order valence-corrected chi connectivity index (χ1v) is 15.2. The van der Waals surface area contributed by atoms with Crippen molar-refractivity contribution in [3.05, 3.63) is 169 Å². The van der Waals surface area contributed by atoms with Crippen molar-refractivity contribution >= 4 is 37.9 Å². The predicted octanol–water partition coefficient (Wildman–Crippen LogP) is 10.8. The largest absolute Gasteiger partial charge is 0.404 e. The summed E-state index contributed by atoms with van der Waals surface area (Å²) in [6.45, 7) is 4.25. The Morgan fingerprint density at radius 1 is 0.636 bits per heavy atom. The van der Waals surface area contributed by atoms with Crippen molar-refractivity contribution in [1.29, 1.82) is 0 Å². The lowest BCUT2D eigenvalue weighted by molar-refractivity contribution is 0.929. The summed E-state index contributed by atoms with van der Waals surface area (Å²) in [4.78, 5) is 4.45. The summed E-state index contributed by atoms with van der Waals surface area (Å²) in [5.41, 5.74) is 15.5. The summed E-state index contributed by atoms with van der Waals surface area (Å²) >= 11 is 0. The first-order valence-electron chi connectivity index (χ1n) is 15.2. The van der Waals surface area contributed by atoms with Crippen LogP contribution in [-0.4, -0.2) is 4.98 Å². The van der Waals surface area contributed by atoms with E-state index in [0.717, 1.165) is 16.8 Å². The first kappa shape index (κ1) is 27.4. The molecule has 2 heteroatoms. The molecule has 0 aliphatic rings. The van der Waals surface area contributed by atoms with Crippen LogP contribution in [0.25, 0.3) is 60.1 Å². The number of hydrogen-bond acceptors (Lipinski definition) is 2. The van der Waals surface area contributed by atoms with Gasteiger partial charge < -0.3 is 5.73 Å². The zero-order valence-electron chi connectivity index (χ0n) is 25.0. The molecule has 0 radical (unpaired) electrons. The van der Waals surface area contributed by atoms with E-state index in [1.54, 1.807) is 6.20 Å². The highest BCUT2D eigenvalue weighted by molar-refractivity contribution is 6.21. The number of rotatable bonds is 6. The Hall–Kier alpha value is -5.47. The molecule has 1 aromatic heterocycles. The second-order valence-electron chi connectivity index (χ2n) is 11.4. The van der Waals surface area contributed by atoms with Gasteiger partial charge in [-0.25, -0.2) is 0 Å². The SMILES string of the molecule is Cc1ncccc1C(C)/C=C\C(=C/N)c1ccc2cc(-c3c4ccccc4c(-c4ccccc4)c4ccccc34)ccc2c1. The van der Waals surface area contributed by atoms with Gasteiger partial charge in [-0.3, -0.25) is 4.98 Å². The molecule has 1 heterocycles. The molecule has 7 rings (SSSR count). The van der Waals surface area contributed by atoms with Gasteiger partial charge in [0, 0.05) is 24.0 Å². The van der Waals surface area contributed by atoms with Crippen molar-refractivity contribution < 1.29 is 0 Å². The van der Waals surface area contributed by atoms with Gasteiger partial charge in [-0.2, -0.15) is 0 Å². The van der Waals surface area contributed by atoms with Crippen LogP contribution in [0.1, 0.15) is 29.7 Å². The van der Waals surface area contributed by atoms with Gasteiger partial charge in [0.05, 0.1) is 0 Å². The molecule has 0 saturated heterocycles. The molecule has 7 aromatic rings. The summed E-state index contributed by atoms with van der Waals surface area (Å²) in [5, 5.41) is 7.44. The molecule has 0 spiro atoms. The third kappa shape index (κ3) is 4.95. The van der Waals surface area contributed by atoms with Crippen molar-refractivity contribution in [3.63, 3.8) is 0 Å². The van der Waals surface area contributed by atoms with E-state index in [1.165, 1.54) is 60.1 Å². The number of hydrogen-bond donors (Lipinski definition) is 1. The molecule has 0 saturated carbocycles. The molecule has 44 heavy (non-hydrogen) atoms. The molecule has 0 aliphatic heterocycles. The Kier molecular flexibility index (Phi) is 7.25. The highest BCUT2D eigenvalue weighted by atomic mass is 14.7. The number of nitrogens with two attached hydrogens (primary N) is 1. The summed E-state index contributed by atoms with van der Waals surface area (Å²) in [5.74, 6) is 0.236. The first-order chi connectivity index (χ1) is 21.6. The zero-order valence-corrected chi connectivity index (χ0v) is 25.0. The van der Waals surface area contributed by atoms with Crippen molar-refractivity contribution in [1.82, 2.24) is 4.98 Å². The normalized spacial score (nSPS) is 12.8. The molecule has 1 unspecified atom stereocenters. The third-order valence-corrected chi connectivity index (χ3v) is 8.74. The van der Waals surface area contributed by atoms with Gasteiger partial charge in [-0.05, 0) is 96.4 Å². The fourth-order valence-electron chi connectivity index (χ4n) is 6.51. The van der Waals surface area contributed by atoms with Crippen molar-refractivity contribution in [2.75, 3.05) is 0 Å². The molecule has 1 atom stereocenters. The van der Waals surface area contributed by atoms with Gasteiger partial charge in [0.1, 0.15) is 0 Å². The van der Waals surface area contributed by atoms with Crippen LogP contribution < -0.4 is 5.73 Å². The van der Waals surface area contributed by atoms with Crippen molar-refractivity contribution in [2.24, 2.45) is 5.73 Å². The Bertz CT molecular complexity index is 2150. The lowest BCUT2D eigenvalue weighted by Gasteiger charge is -2.18. The van der Waals surface area contributed by atoms with Crippen LogP contribution in [0.15, 0.2) is 152 Å². The smallest absolute Gasteiger partial charge is 0.0410 e. The maximum absolute atomic E-state index is 6.14. The van der Waals surface area contributed by atoms with E-state index in [-0.39, 0.29) is 5.92 Å². The highest BCUT2D eigenvalue weighted by Crippen LogP contribution is 2.44. The fourth-order valence-corrected chi connectivity index (χ4v) is 6.51. The van der Waals surface area contributed by atoms with Crippen LogP contribution in [0.4, 0.5) is 0 Å². The van der Waals surface area contributed by atoms with Gasteiger partial charge in [-0.15, -0.1) is 0 Å². The van der Waals surface area contributed by atoms with E-state index in [9.17, 15) is 0 Å². The van der Waals surface area contributed by atoms with E-state index in [0.29, 0.717) is 0 Å². The van der Waals surface area contributed by atoms with E-state index in [4.69, 9.17) is 5.73 Å². The van der Waals surface area contributed by atoms with Crippen LogP contribution in [0, 0.1) is 6.92 Å². The number of allylic oxidation sites excluding steroid dienone is 3. The van der Waals surface area contributed by atoms with E-state index >= 15 is 0 Å². The van der Waals surface area contributed by atoms with E-state index < -0.39 is 0 Å². The van der Waals surface area contributed by atoms with E-state index in [2.05, 4.69) is 152 Å². The number of aryl methyl sites for hydroxylation is 1. The summed E-state index contributed by atoms with van der Waals surface area (Å²) < 4.78 is 0. The standard InChI is InChI=1S/C42H34N2/c1-28(36-17-10-24-44-29(36)2)18-19-35(27-43)33-21-20-32-26-34(23-22-31(32)25-33)42-39-15-8-6-13-37(39)41(30-11-4-3-5-12-30)38-14-7-9-16-40(38)42/h3-28H,43H2,1-2H3/b19-18-,35-27+. The quantitative estimate of drug-likeness (QED) is 0.161. The molecular weight excluding hydrogens is 532 g/mol. The Balaban J connectivity index is 1.31. The number of pyridine rings is 1. The Morgan fingerprint density at radius 2 is 1.23 bits per heavy atom. The molecule has 0 fully saturated rings. The highest BCUT2D eigenvalue weighted by Gasteiger charge is 2.16. The fraction of sp³-hybridized carbons (Fsp3) is 0.0714. The van der Waals surface area contributed by atoms with Crippen LogP contribution in [0.5, 0.6) is 0 Å². The van der Waals surface area contributed by atoms with Gasteiger partial charge in [0.2, 0.25) is 0 Å². The van der Waals surface area contributed by atoms with E-state index in [1.807, 2.05) is 12.3 Å². The predicted molar refractivity (Wildman–Crippen MR) is 189 cm³/mol. The second-order valence-corrected chi connectivity index (χ2v) is 11.4. The average molecular weight is 567 g/mol. The van der Waals surface area contributed by atoms with Crippen LogP contribution >= 0.6 is 0 Å². The minimum Gasteiger partial charge on any atom is -0.404 e. The van der Waals surface area contributed by atoms with Gasteiger partial charge >= 0.3 is 0 Å². The Morgan fingerprint density at radius 3 is 1.86 bits per heavy atom. The molecule has 0 bridgehead atoms. The maximum atomic E-state index is 6.14. The Labute approximate surface area is 258 Å². The monoisotopic (exact) mass is 566 g/mol. The van der Waals surface area contributed by atoms with Crippen molar-refractivity contribution in [2.45, 2.75) is 19.8 Å². The summed E-state index contributed by atoms with van der Waals surface area (Å²) in [6.07, 6.45) is 7.86. The lowest BCUT2D eigenvalue weighted by Crippen LogP contribution is -1.96. The molecule has 2 N–H and O–H groups in total. The molecule has 212 valence electrons. The molecular formula is C42H34N2. The third-order valence-electron chi connectivity index (χ3n) is 8.74.